The highest BCUT2D eigenvalue weighted by Crippen LogP contribution is 2.26. The van der Waals surface area contributed by atoms with Gasteiger partial charge in [-0.15, -0.1) is 12.4 Å². The summed E-state index contributed by atoms with van der Waals surface area (Å²) in [6.45, 7) is 6.39. The fraction of sp³-hybridized carbons (Fsp3) is 0.316. The molecule has 0 heterocycles. The maximum atomic E-state index is 12.7. The van der Waals surface area contributed by atoms with Gasteiger partial charge in [0.15, 0.2) is 0 Å². The number of carbonyl (C=O) groups excluding carboxylic acids is 1. The summed E-state index contributed by atoms with van der Waals surface area (Å²) in [5.74, 6) is 0.0157. The molecular formula is C19H24Cl2N2O. The summed E-state index contributed by atoms with van der Waals surface area (Å²) in [4.78, 5) is 12.7. The van der Waals surface area contributed by atoms with E-state index in [0.717, 1.165) is 11.1 Å². The molecule has 0 radical (unpaired) electrons. The van der Waals surface area contributed by atoms with Crippen LogP contribution >= 0.6 is 24.0 Å². The maximum Gasteiger partial charge on any atom is 0.253 e. The summed E-state index contributed by atoms with van der Waals surface area (Å²) in [5.41, 5.74) is 7.85. The van der Waals surface area contributed by atoms with Crippen LogP contribution in [0, 0.1) is 5.92 Å². The first-order valence-electron chi connectivity index (χ1n) is 7.75. The molecule has 0 aliphatic carbocycles. The Morgan fingerprint density at radius 2 is 1.79 bits per heavy atom. The predicted octanol–water partition coefficient (Wildman–Crippen LogP) is 4.53. The molecule has 0 aliphatic rings. The van der Waals surface area contributed by atoms with E-state index in [9.17, 15) is 4.79 Å². The molecule has 0 bridgehead atoms. The smallest absolute Gasteiger partial charge is 0.253 e. The highest BCUT2D eigenvalue weighted by Gasteiger charge is 2.29. The van der Waals surface area contributed by atoms with Crippen molar-refractivity contribution >= 4 is 29.9 Å². The fourth-order valence-corrected chi connectivity index (χ4v) is 2.47. The van der Waals surface area contributed by atoms with Gasteiger partial charge in [-0.25, -0.2) is 0 Å². The number of amides is 1. The largest absolute Gasteiger partial charge is 0.345 e. The summed E-state index contributed by atoms with van der Waals surface area (Å²) in [7, 11) is 0. The minimum atomic E-state index is -0.469. The van der Waals surface area contributed by atoms with Crippen molar-refractivity contribution in [1.82, 2.24) is 5.32 Å². The molecule has 0 saturated carbocycles. The molecule has 1 amide bonds. The summed E-state index contributed by atoms with van der Waals surface area (Å²) < 4.78 is 0. The average Bonchev–Trinajstić information content (AvgIpc) is 2.55. The summed E-state index contributed by atoms with van der Waals surface area (Å²) in [6, 6.07) is 15.4. The lowest BCUT2D eigenvalue weighted by atomic mass is 9.88. The summed E-state index contributed by atoms with van der Waals surface area (Å²) in [5, 5.41) is 3.47. The third kappa shape index (κ3) is 4.50. The van der Waals surface area contributed by atoms with Crippen molar-refractivity contribution in [3.8, 4) is 11.1 Å². The van der Waals surface area contributed by atoms with E-state index >= 15 is 0 Å². The number of hydrogen-bond acceptors (Lipinski definition) is 2. The lowest BCUT2D eigenvalue weighted by molar-refractivity contribution is 0.0883. The number of nitrogens with one attached hydrogen (secondary N) is 1. The number of carbonyl (C=O) groups is 1. The monoisotopic (exact) mass is 366 g/mol. The SMILES string of the molecule is CC(C)C(C)(CN)NC(=O)c1cc(-c2ccccc2)ccc1Cl.Cl. The van der Waals surface area contributed by atoms with Gasteiger partial charge in [-0.1, -0.05) is 61.8 Å². The molecule has 0 saturated heterocycles. The van der Waals surface area contributed by atoms with E-state index in [1.54, 1.807) is 6.07 Å². The highest BCUT2D eigenvalue weighted by atomic mass is 35.5. The van der Waals surface area contributed by atoms with Gasteiger partial charge in [0.05, 0.1) is 16.1 Å². The molecule has 2 aromatic carbocycles. The Bertz CT molecular complexity index is 689. The Hall–Kier alpha value is -1.55. The maximum absolute atomic E-state index is 12.7. The van der Waals surface area contributed by atoms with Crippen LogP contribution < -0.4 is 11.1 Å². The number of hydrogen-bond donors (Lipinski definition) is 2. The Morgan fingerprint density at radius 1 is 1.17 bits per heavy atom. The Kier molecular flexibility index (Phi) is 7.27. The van der Waals surface area contributed by atoms with Crippen LogP contribution in [0.25, 0.3) is 11.1 Å². The third-order valence-electron chi connectivity index (χ3n) is 4.42. The van der Waals surface area contributed by atoms with Gasteiger partial charge in [0.2, 0.25) is 0 Å². The second-order valence-corrected chi connectivity index (χ2v) is 6.70. The predicted molar refractivity (Wildman–Crippen MR) is 104 cm³/mol. The standard InChI is InChI=1S/C19H23ClN2O.ClH/c1-13(2)19(3,12-21)22-18(23)16-11-15(9-10-17(16)20)14-7-5-4-6-8-14;/h4-11,13H,12,21H2,1-3H3,(H,22,23);1H. The van der Waals surface area contributed by atoms with E-state index in [4.69, 9.17) is 17.3 Å². The van der Waals surface area contributed by atoms with Gasteiger partial charge in [-0.2, -0.15) is 0 Å². The second-order valence-electron chi connectivity index (χ2n) is 6.29. The number of benzene rings is 2. The number of rotatable bonds is 5. The first-order chi connectivity index (χ1) is 10.9. The lowest BCUT2D eigenvalue weighted by Gasteiger charge is -2.33. The fourth-order valence-electron chi connectivity index (χ4n) is 2.27. The summed E-state index contributed by atoms with van der Waals surface area (Å²) in [6.07, 6.45) is 0. The quantitative estimate of drug-likeness (QED) is 0.816. The summed E-state index contributed by atoms with van der Waals surface area (Å²) >= 11 is 6.24. The first-order valence-corrected chi connectivity index (χ1v) is 8.12. The van der Waals surface area contributed by atoms with Crippen molar-refractivity contribution in [1.29, 1.82) is 0 Å². The number of nitrogens with two attached hydrogens (primary N) is 1. The van der Waals surface area contributed by atoms with Crippen LogP contribution in [-0.2, 0) is 0 Å². The first kappa shape index (κ1) is 20.5. The molecule has 24 heavy (non-hydrogen) atoms. The van der Waals surface area contributed by atoms with E-state index in [1.165, 1.54) is 0 Å². The Balaban J connectivity index is 0.00000288. The van der Waals surface area contributed by atoms with Crippen LogP contribution in [0.3, 0.4) is 0 Å². The normalized spacial score (nSPS) is 13.1. The van der Waals surface area contributed by atoms with Crippen molar-refractivity contribution in [3.05, 3.63) is 59.1 Å². The van der Waals surface area contributed by atoms with E-state index in [1.807, 2.05) is 63.2 Å². The molecule has 5 heteroatoms. The molecule has 0 fully saturated rings. The van der Waals surface area contributed by atoms with Gasteiger partial charge in [-0.3, -0.25) is 4.79 Å². The van der Waals surface area contributed by atoms with Crippen LogP contribution in [0.1, 0.15) is 31.1 Å². The molecule has 2 rings (SSSR count). The zero-order valence-corrected chi connectivity index (χ0v) is 15.7. The van der Waals surface area contributed by atoms with E-state index in [0.29, 0.717) is 17.1 Å². The van der Waals surface area contributed by atoms with Gasteiger partial charge >= 0.3 is 0 Å². The van der Waals surface area contributed by atoms with Crippen LogP contribution in [0.5, 0.6) is 0 Å². The van der Waals surface area contributed by atoms with Crippen LogP contribution in [0.15, 0.2) is 48.5 Å². The van der Waals surface area contributed by atoms with Gasteiger partial charge in [0, 0.05) is 6.54 Å². The highest BCUT2D eigenvalue weighted by molar-refractivity contribution is 6.34. The van der Waals surface area contributed by atoms with Gasteiger partial charge < -0.3 is 11.1 Å². The van der Waals surface area contributed by atoms with Gasteiger partial charge in [-0.05, 0) is 36.1 Å². The number of halogens is 2. The average molecular weight is 367 g/mol. The third-order valence-corrected chi connectivity index (χ3v) is 4.75. The van der Waals surface area contributed by atoms with Crippen LogP contribution in [-0.4, -0.2) is 18.0 Å². The van der Waals surface area contributed by atoms with Crippen molar-refractivity contribution in [2.75, 3.05) is 6.54 Å². The molecule has 2 aromatic rings. The van der Waals surface area contributed by atoms with Crippen molar-refractivity contribution < 1.29 is 4.79 Å². The molecular weight excluding hydrogens is 343 g/mol. The van der Waals surface area contributed by atoms with E-state index < -0.39 is 5.54 Å². The van der Waals surface area contributed by atoms with Crippen molar-refractivity contribution in [2.45, 2.75) is 26.3 Å². The molecule has 3 nitrogen and oxygen atoms in total. The van der Waals surface area contributed by atoms with Crippen molar-refractivity contribution in [2.24, 2.45) is 11.7 Å². The molecule has 0 spiro atoms. The van der Waals surface area contributed by atoms with Crippen LogP contribution in [0.2, 0.25) is 5.02 Å². The topological polar surface area (TPSA) is 55.1 Å². The molecule has 1 unspecified atom stereocenters. The lowest BCUT2D eigenvalue weighted by Crippen LogP contribution is -2.55. The van der Waals surface area contributed by atoms with E-state index in [2.05, 4.69) is 5.32 Å². The zero-order valence-electron chi connectivity index (χ0n) is 14.2. The molecule has 1 atom stereocenters. The molecule has 0 aliphatic heterocycles. The molecule has 130 valence electrons. The molecule has 0 aromatic heterocycles. The second kappa shape index (κ2) is 8.52. The Labute approximate surface area is 155 Å². The zero-order chi connectivity index (χ0) is 17.0. The van der Waals surface area contributed by atoms with E-state index in [-0.39, 0.29) is 24.2 Å². The van der Waals surface area contributed by atoms with Gasteiger partial charge in [0.1, 0.15) is 0 Å². The minimum absolute atomic E-state index is 0. The minimum Gasteiger partial charge on any atom is -0.345 e. The molecule has 3 N–H and O–H groups in total. The Morgan fingerprint density at radius 3 is 2.33 bits per heavy atom. The van der Waals surface area contributed by atoms with Gasteiger partial charge in [0.25, 0.3) is 5.91 Å². The van der Waals surface area contributed by atoms with Crippen LogP contribution in [0.4, 0.5) is 0 Å². The van der Waals surface area contributed by atoms with Crippen molar-refractivity contribution in [3.63, 3.8) is 0 Å².